The Morgan fingerprint density at radius 3 is 2.56 bits per heavy atom. The highest BCUT2D eigenvalue weighted by Gasteiger charge is 2.40. The maximum Gasteiger partial charge on any atom is 0.416 e. The number of fused-ring (bicyclic) bond motifs is 1. The van der Waals surface area contributed by atoms with E-state index in [2.05, 4.69) is 5.32 Å². The molecule has 0 radical (unpaired) electrons. The second-order valence-corrected chi connectivity index (χ2v) is 12.3. The fraction of sp³-hybridized carbons (Fsp3) is 0.357. The molecule has 43 heavy (non-hydrogen) atoms. The Morgan fingerprint density at radius 2 is 1.88 bits per heavy atom. The predicted octanol–water partition coefficient (Wildman–Crippen LogP) is 5.15. The van der Waals surface area contributed by atoms with Crippen LogP contribution >= 0.6 is 0 Å². The van der Waals surface area contributed by atoms with Gasteiger partial charge in [0.15, 0.2) is 0 Å². The highest BCUT2D eigenvalue weighted by atomic mass is 32.2. The zero-order valence-electron chi connectivity index (χ0n) is 23.0. The Labute approximate surface area is 244 Å². The van der Waals surface area contributed by atoms with Crippen LogP contribution < -0.4 is 14.4 Å². The maximum absolute atomic E-state index is 15.0. The van der Waals surface area contributed by atoms with Crippen LogP contribution in [-0.2, 0) is 26.4 Å². The molecule has 2 aromatic carbocycles. The minimum absolute atomic E-state index is 0.0182. The van der Waals surface area contributed by atoms with Gasteiger partial charge in [-0.25, -0.2) is 22.0 Å². The monoisotopic (exact) mass is 629 g/mol. The topological polar surface area (TPSA) is 116 Å². The zero-order chi connectivity index (χ0) is 31.7. The average molecular weight is 630 g/mol. The van der Waals surface area contributed by atoms with Gasteiger partial charge in [0.2, 0.25) is 0 Å². The highest BCUT2D eigenvalue weighted by Crippen LogP contribution is 2.46. The van der Waals surface area contributed by atoms with Gasteiger partial charge in [0, 0.05) is 26.4 Å². The van der Waals surface area contributed by atoms with Crippen molar-refractivity contribution >= 4 is 27.7 Å². The van der Waals surface area contributed by atoms with Crippen molar-refractivity contribution in [2.45, 2.75) is 42.4 Å². The Balaban J connectivity index is 1.69. The van der Waals surface area contributed by atoms with Gasteiger partial charge in [-0.3, -0.25) is 9.10 Å². The van der Waals surface area contributed by atoms with Crippen molar-refractivity contribution in [3.05, 3.63) is 77.4 Å². The number of carbonyl (C=O) groups excluding carboxylic acids is 1. The summed E-state index contributed by atoms with van der Waals surface area (Å²) in [6, 6.07) is 6.66. The Bertz CT molecular complexity index is 1590. The smallest absolute Gasteiger partial charge is 0.416 e. The molecule has 0 spiro atoms. The van der Waals surface area contributed by atoms with Crippen molar-refractivity contribution in [3.63, 3.8) is 0 Å². The first-order valence-corrected chi connectivity index (χ1v) is 14.4. The predicted molar refractivity (Wildman–Crippen MR) is 145 cm³/mol. The van der Waals surface area contributed by atoms with Crippen molar-refractivity contribution in [2.24, 2.45) is 0 Å². The number of carbonyl (C=O) groups is 2. The molecule has 0 saturated carbocycles. The van der Waals surface area contributed by atoms with Gasteiger partial charge in [-0.05, 0) is 55.0 Å². The van der Waals surface area contributed by atoms with E-state index in [1.54, 1.807) is 0 Å². The standard InChI is InChI=1S/C28H28F5N3O6S/c1-27(14-19(29)7-9-24(27)30)17-6-8-23-22(13-17)36(43(40,41)21-5-3-4-18(12-21)28(31,32)33)15-20(42-23)10-11-34-26(39)35(2)16-25(37)38/h3-9,12-13,20H,10-11,14-16H2,1-2H3,(H,34,39)(H,37,38)/t20-,27?/m0/s1. The number of allylic oxidation sites excluding steroid dienone is 4. The minimum Gasteiger partial charge on any atom is -0.486 e. The molecule has 2 atom stereocenters. The molecular weight excluding hydrogens is 601 g/mol. The van der Waals surface area contributed by atoms with Gasteiger partial charge in [-0.2, -0.15) is 13.2 Å². The normalized spacial score (nSPS) is 20.3. The molecule has 2 N–H and O–H groups in total. The number of halogens is 5. The first-order chi connectivity index (χ1) is 20.0. The molecule has 2 aliphatic rings. The van der Waals surface area contributed by atoms with E-state index in [4.69, 9.17) is 9.84 Å². The van der Waals surface area contributed by atoms with Crippen LogP contribution in [0.5, 0.6) is 5.75 Å². The second kappa shape index (κ2) is 11.9. The molecule has 1 unspecified atom stereocenters. The number of nitrogens with one attached hydrogen (secondary N) is 1. The van der Waals surface area contributed by atoms with Crippen LogP contribution in [0.1, 0.15) is 30.9 Å². The minimum atomic E-state index is -4.81. The van der Waals surface area contributed by atoms with Crippen molar-refractivity contribution < 1.29 is 49.8 Å². The molecule has 2 amide bonds. The highest BCUT2D eigenvalue weighted by molar-refractivity contribution is 7.92. The molecule has 232 valence electrons. The second-order valence-electron chi connectivity index (χ2n) is 10.4. The van der Waals surface area contributed by atoms with Gasteiger partial charge in [0.05, 0.1) is 28.1 Å². The lowest BCUT2D eigenvalue weighted by molar-refractivity contribution is -0.138. The number of amides is 2. The van der Waals surface area contributed by atoms with E-state index >= 15 is 0 Å². The zero-order valence-corrected chi connectivity index (χ0v) is 23.8. The van der Waals surface area contributed by atoms with Gasteiger partial charge < -0.3 is 20.1 Å². The number of nitrogens with zero attached hydrogens (tertiary/aromatic N) is 2. The van der Waals surface area contributed by atoms with Crippen LogP contribution in [0.15, 0.2) is 71.2 Å². The molecule has 15 heteroatoms. The summed E-state index contributed by atoms with van der Waals surface area (Å²) >= 11 is 0. The molecule has 0 fully saturated rings. The number of alkyl halides is 3. The number of ether oxygens (including phenoxy) is 1. The van der Waals surface area contributed by atoms with E-state index in [0.717, 1.165) is 39.6 Å². The third-order valence-corrected chi connectivity index (χ3v) is 8.97. The number of rotatable bonds is 8. The number of carboxylic acids is 1. The van der Waals surface area contributed by atoms with E-state index < -0.39 is 68.4 Å². The Morgan fingerprint density at radius 1 is 1.16 bits per heavy atom. The lowest BCUT2D eigenvalue weighted by Gasteiger charge is -2.37. The number of urea groups is 1. The van der Waals surface area contributed by atoms with Gasteiger partial charge >= 0.3 is 18.2 Å². The number of likely N-dealkylation sites (N-methyl/N-ethyl adjacent to an activating group) is 1. The number of carboxylic acid groups (broad SMARTS) is 1. The first kappa shape index (κ1) is 31.8. The van der Waals surface area contributed by atoms with Gasteiger partial charge in [-0.1, -0.05) is 12.1 Å². The van der Waals surface area contributed by atoms with E-state index in [1.165, 1.54) is 32.2 Å². The lowest BCUT2D eigenvalue weighted by atomic mass is 9.75. The summed E-state index contributed by atoms with van der Waals surface area (Å²) in [6.45, 7) is 0.436. The SMILES string of the molecule is CN(CC(=O)O)C(=O)NCC[C@H]1CN(S(=O)(=O)c2cccc(C(F)(F)F)c2)c2cc(C3(C)CC(F)=CC=C3F)ccc2O1. The van der Waals surface area contributed by atoms with Crippen molar-refractivity contribution in [3.8, 4) is 5.75 Å². The summed E-state index contributed by atoms with van der Waals surface area (Å²) in [5.74, 6) is -2.47. The number of benzene rings is 2. The Hall–Kier alpha value is -4.14. The summed E-state index contributed by atoms with van der Waals surface area (Å²) in [5.41, 5.74) is -2.53. The molecular formula is C28H28F5N3O6S. The third kappa shape index (κ3) is 6.76. The molecule has 0 bridgehead atoms. The molecule has 2 aromatic rings. The molecule has 1 aliphatic heterocycles. The molecule has 1 heterocycles. The van der Waals surface area contributed by atoms with Crippen LogP contribution in [0, 0.1) is 0 Å². The van der Waals surface area contributed by atoms with E-state index in [9.17, 15) is 40.0 Å². The number of sulfonamides is 1. The van der Waals surface area contributed by atoms with Gasteiger partial charge in [0.1, 0.15) is 30.1 Å². The third-order valence-electron chi connectivity index (χ3n) is 7.20. The van der Waals surface area contributed by atoms with E-state index in [1.807, 2.05) is 0 Å². The summed E-state index contributed by atoms with van der Waals surface area (Å²) in [6.07, 6.45) is -4.05. The van der Waals surface area contributed by atoms with Gasteiger partial charge in [-0.15, -0.1) is 0 Å². The molecule has 0 saturated heterocycles. The van der Waals surface area contributed by atoms with E-state index in [0.29, 0.717) is 6.07 Å². The van der Waals surface area contributed by atoms with Crippen molar-refractivity contribution in [1.29, 1.82) is 0 Å². The summed E-state index contributed by atoms with van der Waals surface area (Å²) in [4.78, 5) is 23.3. The summed E-state index contributed by atoms with van der Waals surface area (Å²) in [7, 11) is -3.38. The molecule has 1 aliphatic carbocycles. The van der Waals surface area contributed by atoms with Crippen LogP contribution in [-0.4, -0.2) is 63.2 Å². The fourth-order valence-electron chi connectivity index (χ4n) is 4.81. The van der Waals surface area contributed by atoms with Crippen molar-refractivity contribution in [2.75, 3.05) is 31.0 Å². The molecule has 4 rings (SSSR count). The lowest BCUT2D eigenvalue weighted by Crippen LogP contribution is -2.46. The van der Waals surface area contributed by atoms with Crippen molar-refractivity contribution in [1.82, 2.24) is 10.2 Å². The largest absolute Gasteiger partial charge is 0.486 e. The number of anilines is 1. The number of hydrogen-bond donors (Lipinski definition) is 2. The van der Waals surface area contributed by atoms with Crippen LogP contribution in [0.4, 0.5) is 32.4 Å². The average Bonchev–Trinajstić information content (AvgIpc) is 2.93. The van der Waals surface area contributed by atoms with Crippen LogP contribution in [0.2, 0.25) is 0 Å². The number of aliphatic carboxylic acids is 1. The summed E-state index contributed by atoms with van der Waals surface area (Å²) in [5, 5.41) is 11.3. The van der Waals surface area contributed by atoms with Gasteiger partial charge in [0.25, 0.3) is 10.0 Å². The van der Waals surface area contributed by atoms with Crippen LogP contribution in [0.25, 0.3) is 0 Å². The first-order valence-electron chi connectivity index (χ1n) is 13.0. The fourth-order valence-corrected chi connectivity index (χ4v) is 6.36. The molecule has 0 aromatic heterocycles. The quantitative estimate of drug-likeness (QED) is 0.391. The maximum atomic E-state index is 15.0. The Kier molecular flexibility index (Phi) is 8.77. The van der Waals surface area contributed by atoms with E-state index in [-0.39, 0.29) is 42.9 Å². The van der Waals surface area contributed by atoms with Crippen LogP contribution in [0.3, 0.4) is 0 Å². The summed E-state index contributed by atoms with van der Waals surface area (Å²) < 4.78 is 104. The molecule has 9 nitrogen and oxygen atoms in total. The number of hydrogen-bond acceptors (Lipinski definition) is 5.